The highest BCUT2D eigenvalue weighted by Crippen LogP contribution is 2.34. The van der Waals surface area contributed by atoms with E-state index in [1.54, 1.807) is 12.3 Å². The Bertz CT molecular complexity index is 1360. The van der Waals surface area contributed by atoms with Crippen LogP contribution in [0.4, 0.5) is 26.1 Å². The minimum atomic E-state index is -0.708. The summed E-state index contributed by atoms with van der Waals surface area (Å²) < 4.78 is 28.5. The smallest absolute Gasteiger partial charge is 0.256 e. The summed E-state index contributed by atoms with van der Waals surface area (Å²) in [7, 11) is 4.26. The van der Waals surface area contributed by atoms with Crippen molar-refractivity contribution in [1.82, 2.24) is 19.9 Å². The van der Waals surface area contributed by atoms with Crippen molar-refractivity contribution in [1.29, 1.82) is 0 Å². The van der Waals surface area contributed by atoms with Crippen LogP contribution >= 0.6 is 0 Å². The first-order valence-corrected chi connectivity index (χ1v) is 11.8. The molecule has 1 saturated heterocycles. The lowest BCUT2D eigenvalue weighted by atomic mass is 9.97. The number of likely N-dealkylation sites (tertiary alicyclic amines) is 1. The van der Waals surface area contributed by atoms with Gasteiger partial charge in [-0.2, -0.15) is 0 Å². The molecule has 182 valence electrons. The number of anilines is 3. The number of fused-ring (bicyclic) bond motifs is 1. The molecule has 4 heterocycles. The molecule has 0 bridgehead atoms. The molecule has 0 unspecified atom stereocenters. The molecule has 1 aliphatic carbocycles. The lowest BCUT2D eigenvalue weighted by molar-refractivity contribution is 0.253. The number of aromatic amines is 1. The SMILES string of the molecule is CN1CCC(N(C)c2ccc(Nc3cc4[nH]c(=O)c(C5=C(F)CCC=C5F)cc4cn3)nc2)CC1. The highest BCUT2D eigenvalue weighted by atomic mass is 19.1. The Morgan fingerprint density at radius 2 is 1.89 bits per heavy atom. The van der Waals surface area contributed by atoms with E-state index < -0.39 is 17.2 Å². The van der Waals surface area contributed by atoms with E-state index in [9.17, 15) is 13.6 Å². The maximum atomic E-state index is 14.3. The van der Waals surface area contributed by atoms with Crippen LogP contribution in [0.1, 0.15) is 31.2 Å². The van der Waals surface area contributed by atoms with E-state index in [4.69, 9.17) is 0 Å². The summed E-state index contributed by atoms with van der Waals surface area (Å²) in [5.74, 6) is -0.199. The highest BCUT2D eigenvalue weighted by Gasteiger charge is 2.22. The van der Waals surface area contributed by atoms with Crippen molar-refractivity contribution in [2.75, 3.05) is 37.4 Å². The Balaban J connectivity index is 1.34. The van der Waals surface area contributed by atoms with Crippen LogP contribution in [-0.4, -0.2) is 53.1 Å². The van der Waals surface area contributed by atoms with Crippen molar-refractivity contribution in [2.45, 2.75) is 31.7 Å². The summed E-state index contributed by atoms with van der Waals surface area (Å²) in [5.41, 5.74) is 0.716. The van der Waals surface area contributed by atoms with Gasteiger partial charge in [0.15, 0.2) is 0 Å². The zero-order valence-electron chi connectivity index (χ0n) is 19.8. The molecule has 0 amide bonds. The summed E-state index contributed by atoms with van der Waals surface area (Å²) in [5, 5.41) is 3.73. The Morgan fingerprint density at radius 1 is 1.11 bits per heavy atom. The quantitative estimate of drug-likeness (QED) is 0.542. The second-order valence-corrected chi connectivity index (χ2v) is 9.21. The van der Waals surface area contributed by atoms with Gasteiger partial charge >= 0.3 is 0 Å². The molecule has 1 aliphatic heterocycles. The van der Waals surface area contributed by atoms with E-state index in [0.717, 1.165) is 31.6 Å². The molecule has 3 aromatic heterocycles. The van der Waals surface area contributed by atoms with E-state index in [1.165, 1.54) is 12.1 Å². The fourth-order valence-corrected chi connectivity index (χ4v) is 4.70. The molecule has 5 rings (SSSR count). The van der Waals surface area contributed by atoms with E-state index >= 15 is 0 Å². The number of allylic oxidation sites excluding steroid dienone is 4. The van der Waals surface area contributed by atoms with E-state index in [1.807, 2.05) is 18.3 Å². The Labute approximate surface area is 202 Å². The van der Waals surface area contributed by atoms with Crippen molar-refractivity contribution in [2.24, 2.45) is 0 Å². The molecule has 0 spiro atoms. The lowest BCUT2D eigenvalue weighted by Gasteiger charge is -2.36. The summed E-state index contributed by atoms with van der Waals surface area (Å²) >= 11 is 0. The van der Waals surface area contributed by atoms with Crippen molar-refractivity contribution in [3.8, 4) is 0 Å². The number of nitrogens with zero attached hydrogens (tertiary/aromatic N) is 4. The maximum Gasteiger partial charge on any atom is 0.256 e. The van der Waals surface area contributed by atoms with Gasteiger partial charge < -0.3 is 20.1 Å². The van der Waals surface area contributed by atoms with Crippen LogP contribution in [0.3, 0.4) is 0 Å². The molecule has 0 atom stereocenters. The van der Waals surface area contributed by atoms with Gasteiger partial charge in [0, 0.05) is 37.2 Å². The monoisotopic (exact) mass is 478 g/mol. The van der Waals surface area contributed by atoms with Crippen LogP contribution in [0.15, 0.2) is 59.2 Å². The third kappa shape index (κ3) is 4.81. The molecule has 2 N–H and O–H groups in total. The Morgan fingerprint density at radius 3 is 2.60 bits per heavy atom. The first-order valence-electron chi connectivity index (χ1n) is 11.8. The minimum Gasteiger partial charge on any atom is -0.370 e. The van der Waals surface area contributed by atoms with Gasteiger partial charge in [-0.15, -0.1) is 0 Å². The third-order valence-corrected chi connectivity index (χ3v) is 6.84. The number of nitrogens with one attached hydrogen (secondary N) is 2. The van der Waals surface area contributed by atoms with Gasteiger partial charge in [0.05, 0.1) is 28.5 Å². The van der Waals surface area contributed by atoms with Gasteiger partial charge in [0.2, 0.25) is 0 Å². The second kappa shape index (κ2) is 9.58. The molecule has 0 saturated carbocycles. The number of aromatic nitrogens is 3. The van der Waals surface area contributed by atoms with Gasteiger partial charge in [0.25, 0.3) is 5.56 Å². The molecule has 2 aliphatic rings. The predicted octanol–water partition coefficient (Wildman–Crippen LogP) is 4.92. The van der Waals surface area contributed by atoms with Gasteiger partial charge in [-0.25, -0.2) is 18.7 Å². The first kappa shape index (κ1) is 23.2. The standard InChI is InChI=1S/C26H28F2N6O/c1-33-10-8-17(9-11-33)34(2)18-6-7-23(30-15-18)32-24-13-22-16(14-29-24)12-19(26(35)31-22)25-20(27)4-3-5-21(25)28/h4,6-7,12-15,17H,3,5,8-11H2,1-2H3,(H,31,35)(H,29,30,32). The molecular formula is C26H28F2N6O. The largest absolute Gasteiger partial charge is 0.370 e. The second-order valence-electron chi connectivity index (χ2n) is 9.21. The third-order valence-electron chi connectivity index (χ3n) is 6.84. The summed E-state index contributed by atoms with van der Waals surface area (Å²) in [6.07, 6.45) is 7.32. The zero-order chi connectivity index (χ0) is 24.5. The van der Waals surface area contributed by atoms with E-state index in [-0.39, 0.29) is 24.0 Å². The van der Waals surface area contributed by atoms with Crippen LogP contribution in [0, 0.1) is 0 Å². The molecule has 7 nitrogen and oxygen atoms in total. The predicted molar refractivity (Wildman–Crippen MR) is 135 cm³/mol. The minimum absolute atomic E-state index is 0.0306. The van der Waals surface area contributed by atoms with Crippen LogP contribution in [0.25, 0.3) is 16.5 Å². The van der Waals surface area contributed by atoms with Crippen LogP contribution < -0.4 is 15.8 Å². The number of rotatable bonds is 5. The first-order chi connectivity index (χ1) is 16.9. The van der Waals surface area contributed by atoms with Crippen molar-refractivity contribution < 1.29 is 8.78 Å². The normalized spacial score (nSPS) is 17.5. The van der Waals surface area contributed by atoms with Crippen LogP contribution in [0.5, 0.6) is 0 Å². The summed E-state index contributed by atoms with van der Waals surface area (Å²) in [6, 6.07) is 7.57. The number of piperidine rings is 1. The lowest BCUT2D eigenvalue weighted by Crippen LogP contribution is -2.42. The molecule has 3 aromatic rings. The van der Waals surface area contributed by atoms with Crippen molar-refractivity contribution in [3.05, 3.63) is 70.3 Å². The molecule has 35 heavy (non-hydrogen) atoms. The summed E-state index contributed by atoms with van der Waals surface area (Å²) in [4.78, 5) is 28.9. The molecule has 0 aromatic carbocycles. The number of pyridine rings is 3. The van der Waals surface area contributed by atoms with Gasteiger partial charge in [0.1, 0.15) is 23.3 Å². The number of hydrogen-bond donors (Lipinski definition) is 2. The van der Waals surface area contributed by atoms with Gasteiger partial charge in [-0.3, -0.25) is 4.79 Å². The number of halogens is 2. The van der Waals surface area contributed by atoms with Crippen LogP contribution in [0.2, 0.25) is 0 Å². The fourth-order valence-electron chi connectivity index (χ4n) is 4.70. The molecule has 9 heteroatoms. The number of hydrogen-bond acceptors (Lipinski definition) is 6. The Hall–Kier alpha value is -3.59. The molecule has 0 radical (unpaired) electrons. The Kier molecular flexibility index (Phi) is 6.34. The maximum absolute atomic E-state index is 14.3. The van der Waals surface area contributed by atoms with Crippen molar-refractivity contribution >= 4 is 33.8 Å². The summed E-state index contributed by atoms with van der Waals surface area (Å²) in [6.45, 7) is 2.19. The topological polar surface area (TPSA) is 77.1 Å². The highest BCUT2D eigenvalue weighted by molar-refractivity contribution is 5.87. The van der Waals surface area contributed by atoms with E-state index in [0.29, 0.717) is 28.6 Å². The average Bonchev–Trinajstić information content (AvgIpc) is 2.85. The van der Waals surface area contributed by atoms with Crippen LogP contribution in [-0.2, 0) is 0 Å². The molecule has 1 fully saturated rings. The fraction of sp³-hybridized carbons (Fsp3) is 0.346. The molecular weight excluding hydrogens is 450 g/mol. The zero-order valence-corrected chi connectivity index (χ0v) is 19.8. The van der Waals surface area contributed by atoms with Crippen molar-refractivity contribution in [3.63, 3.8) is 0 Å². The number of H-pyrrole nitrogens is 1. The van der Waals surface area contributed by atoms with Gasteiger partial charge in [-0.1, -0.05) is 0 Å². The average molecular weight is 479 g/mol. The van der Waals surface area contributed by atoms with E-state index in [2.05, 4.69) is 44.2 Å². The van der Waals surface area contributed by atoms with Gasteiger partial charge in [-0.05, 0) is 63.7 Å².